The first-order valence-corrected chi connectivity index (χ1v) is 11.2. The summed E-state index contributed by atoms with van der Waals surface area (Å²) in [6.07, 6.45) is 4.20. The van der Waals surface area contributed by atoms with Crippen LogP contribution in [0.4, 0.5) is 0 Å². The van der Waals surface area contributed by atoms with Crippen LogP contribution in [0.5, 0.6) is 11.5 Å². The molecule has 1 N–H and O–H groups in total. The number of fused-ring (bicyclic) bond motifs is 4. The first-order chi connectivity index (χ1) is 14.2. The molecule has 0 radical (unpaired) electrons. The Morgan fingerprint density at radius 2 is 2.14 bits per heavy atom. The van der Waals surface area contributed by atoms with Crippen molar-refractivity contribution >= 4 is 21.6 Å². The van der Waals surface area contributed by atoms with E-state index in [1.807, 2.05) is 24.3 Å². The van der Waals surface area contributed by atoms with Crippen LogP contribution in [0.15, 0.2) is 29.1 Å². The predicted octanol–water partition coefficient (Wildman–Crippen LogP) is 3.53. The number of thiophene rings is 1. The fourth-order valence-corrected chi connectivity index (χ4v) is 5.61. The molecule has 0 bridgehead atoms. The molecule has 1 aliphatic heterocycles. The minimum absolute atomic E-state index is 0.00651. The van der Waals surface area contributed by atoms with E-state index in [0.29, 0.717) is 13.2 Å². The fraction of sp³-hybridized carbons (Fsp3) is 0.455. The largest absolute Gasteiger partial charge is 0.486 e. The van der Waals surface area contributed by atoms with Crippen LogP contribution in [0.25, 0.3) is 10.2 Å². The van der Waals surface area contributed by atoms with Gasteiger partial charge in [0.15, 0.2) is 11.5 Å². The lowest BCUT2D eigenvalue weighted by molar-refractivity contribution is 0.0557. The van der Waals surface area contributed by atoms with Crippen LogP contribution in [0.1, 0.15) is 36.0 Å². The number of hydrogen-bond acceptors (Lipinski definition) is 6. The smallest absolute Gasteiger partial charge is 0.259 e. The summed E-state index contributed by atoms with van der Waals surface area (Å²) in [5.41, 5.74) is 1.23. The summed E-state index contributed by atoms with van der Waals surface area (Å²) in [6, 6.07) is 7.77. The van der Waals surface area contributed by atoms with Gasteiger partial charge in [-0.3, -0.25) is 9.69 Å². The molecule has 0 spiro atoms. The van der Waals surface area contributed by atoms with Gasteiger partial charge >= 0.3 is 0 Å². The van der Waals surface area contributed by atoms with Crippen LogP contribution in [0.2, 0.25) is 0 Å². The van der Waals surface area contributed by atoms with Crippen molar-refractivity contribution in [2.24, 2.45) is 0 Å². The summed E-state index contributed by atoms with van der Waals surface area (Å²) in [5, 5.41) is 0.814. The Bertz CT molecular complexity index is 1090. The van der Waals surface area contributed by atoms with E-state index in [2.05, 4.69) is 16.8 Å². The summed E-state index contributed by atoms with van der Waals surface area (Å²) in [4.78, 5) is 25.1. The molecule has 1 aliphatic carbocycles. The first kappa shape index (κ1) is 18.6. The second-order valence-electron chi connectivity index (χ2n) is 7.78. The Labute approximate surface area is 173 Å². The number of nitrogens with zero attached hydrogens (tertiary/aromatic N) is 2. The first-order valence-electron chi connectivity index (χ1n) is 10.4. The highest BCUT2D eigenvalue weighted by atomic mass is 32.1. The number of H-pyrrole nitrogens is 1. The van der Waals surface area contributed by atoms with Crippen molar-refractivity contribution in [3.8, 4) is 11.5 Å². The van der Waals surface area contributed by atoms with Gasteiger partial charge < -0.3 is 14.5 Å². The van der Waals surface area contributed by atoms with E-state index in [1.165, 1.54) is 10.4 Å². The average Bonchev–Trinajstić information content (AvgIpc) is 3.29. The highest BCUT2D eigenvalue weighted by molar-refractivity contribution is 7.18. The van der Waals surface area contributed by atoms with Crippen molar-refractivity contribution < 1.29 is 9.47 Å². The SMILES string of the molecule is CCCN(Cc1nc2sc3c(c2c(=O)[nH]1)CCC3)CC1COc2ccccc2O1. The van der Waals surface area contributed by atoms with Crippen molar-refractivity contribution in [1.29, 1.82) is 0 Å². The number of benzene rings is 1. The van der Waals surface area contributed by atoms with E-state index in [0.717, 1.165) is 66.3 Å². The van der Waals surface area contributed by atoms with Crippen LogP contribution < -0.4 is 15.0 Å². The maximum Gasteiger partial charge on any atom is 0.259 e. The van der Waals surface area contributed by atoms with Gasteiger partial charge in [-0.05, 0) is 49.9 Å². The monoisotopic (exact) mass is 411 g/mol. The number of aryl methyl sites for hydroxylation is 2. The summed E-state index contributed by atoms with van der Waals surface area (Å²) in [5.74, 6) is 2.32. The molecule has 1 aromatic carbocycles. The molecule has 6 nitrogen and oxygen atoms in total. The molecule has 29 heavy (non-hydrogen) atoms. The molecule has 3 aromatic rings. The van der Waals surface area contributed by atoms with E-state index in [9.17, 15) is 4.79 Å². The molecule has 1 unspecified atom stereocenters. The van der Waals surface area contributed by atoms with E-state index < -0.39 is 0 Å². The predicted molar refractivity (Wildman–Crippen MR) is 114 cm³/mol. The van der Waals surface area contributed by atoms with Crippen molar-refractivity contribution in [2.45, 2.75) is 45.3 Å². The highest BCUT2D eigenvalue weighted by Crippen LogP contribution is 2.34. The van der Waals surface area contributed by atoms with E-state index in [1.54, 1.807) is 11.3 Å². The minimum atomic E-state index is -0.0440. The Hall–Kier alpha value is -2.38. The van der Waals surface area contributed by atoms with Gasteiger partial charge in [-0.15, -0.1) is 11.3 Å². The zero-order chi connectivity index (χ0) is 19.8. The number of ether oxygens (including phenoxy) is 2. The fourth-order valence-electron chi connectivity index (χ4n) is 4.33. The second-order valence-corrected chi connectivity index (χ2v) is 8.87. The topological polar surface area (TPSA) is 67.5 Å². The Morgan fingerprint density at radius 1 is 1.28 bits per heavy atom. The van der Waals surface area contributed by atoms with Gasteiger partial charge in [-0.25, -0.2) is 4.98 Å². The number of nitrogens with one attached hydrogen (secondary N) is 1. The quantitative estimate of drug-likeness (QED) is 0.672. The van der Waals surface area contributed by atoms with E-state index >= 15 is 0 Å². The average molecular weight is 412 g/mol. The second kappa shape index (κ2) is 7.80. The highest BCUT2D eigenvalue weighted by Gasteiger charge is 2.24. The molecule has 3 heterocycles. The van der Waals surface area contributed by atoms with Gasteiger partial charge in [0.2, 0.25) is 0 Å². The van der Waals surface area contributed by atoms with Gasteiger partial charge in [0.25, 0.3) is 5.56 Å². The van der Waals surface area contributed by atoms with Crippen LogP contribution in [-0.2, 0) is 19.4 Å². The maximum absolute atomic E-state index is 12.7. The van der Waals surface area contributed by atoms with Crippen molar-refractivity contribution in [2.75, 3.05) is 19.7 Å². The number of para-hydroxylation sites is 2. The molecule has 0 fully saturated rings. The molecule has 0 amide bonds. The maximum atomic E-state index is 12.7. The lowest BCUT2D eigenvalue weighted by Crippen LogP contribution is -2.41. The van der Waals surface area contributed by atoms with Crippen LogP contribution >= 0.6 is 11.3 Å². The Kier molecular flexibility index (Phi) is 5.01. The standard InChI is InChI=1S/C22H25N3O3S/c1-2-10-25(11-14-13-27-16-7-3-4-8-17(16)28-14)12-19-23-21(26)20-15-6-5-9-18(15)29-22(20)24-19/h3-4,7-8,14H,2,5-6,9-13H2,1H3,(H,23,24,26). The summed E-state index contributed by atoms with van der Waals surface area (Å²) in [6.45, 7) is 4.92. The van der Waals surface area contributed by atoms with Crippen LogP contribution in [-0.4, -0.2) is 40.7 Å². The van der Waals surface area contributed by atoms with Gasteiger partial charge in [0.1, 0.15) is 23.4 Å². The zero-order valence-corrected chi connectivity index (χ0v) is 17.4. The molecule has 2 aliphatic rings. The van der Waals surface area contributed by atoms with Gasteiger partial charge in [0, 0.05) is 11.4 Å². The van der Waals surface area contributed by atoms with Crippen LogP contribution in [0, 0.1) is 0 Å². The number of rotatable bonds is 6. The normalized spacial score (nSPS) is 17.8. The Balaban J connectivity index is 1.34. The number of hydrogen-bond donors (Lipinski definition) is 1. The van der Waals surface area contributed by atoms with Gasteiger partial charge in [0.05, 0.1) is 11.9 Å². The summed E-state index contributed by atoms with van der Waals surface area (Å²) >= 11 is 1.69. The van der Waals surface area contributed by atoms with E-state index in [-0.39, 0.29) is 11.7 Å². The molecular weight excluding hydrogens is 386 g/mol. The zero-order valence-electron chi connectivity index (χ0n) is 16.6. The third kappa shape index (κ3) is 3.65. The van der Waals surface area contributed by atoms with Gasteiger partial charge in [-0.1, -0.05) is 19.1 Å². The lowest BCUT2D eigenvalue weighted by atomic mass is 10.2. The third-order valence-corrected chi connectivity index (χ3v) is 6.75. The summed E-state index contributed by atoms with van der Waals surface area (Å²) < 4.78 is 12.0. The van der Waals surface area contributed by atoms with Crippen molar-refractivity contribution in [3.63, 3.8) is 0 Å². The summed E-state index contributed by atoms with van der Waals surface area (Å²) in [7, 11) is 0. The molecular formula is C22H25N3O3S. The minimum Gasteiger partial charge on any atom is -0.486 e. The molecule has 7 heteroatoms. The van der Waals surface area contributed by atoms with E-state index in [4.69, 9.17) is 14.5 Å². The lowest BCUT2D eigenvalue weighted by Gasteiger charge is -2.31. The number of aromatic nitrogens is 2. The van der Waals surface area contributed by atoms with Crippen molar-refractivity contribution in [3.05, 3.63) is 50.9 Å². The Morgan fingerprint density at radius 3 is 3.00 bits per heavy atom. The van der Waals surface area contributed by atoms with Gasteiger partial charge in [-0.2, -0.15) is 0 Å². The molecule has 152 valence electrons. The van der Waals surface area contributed by atoms with Crippen LogP contribution in [0.3, 0.4) is 0 Å². The molecule has 0 saturated carbocycles. The molecule has 5 rings (SSSR count). The third-order valence-electron chi connectivity index (χ3n) is 5.57. The number of aromatic amines is 1. The van der Waals surface area contributed by atoms with Crippen molar-refractivity contribution in [1.82, 2.24) is 14.9 Å². The molecule has 0 saturated heterocycles. The molecule has 1 atom stereocenters. The molecule has 2 aromatic heterocycles.